The zero-order valence-corrected chi connectivity index (χ0v) is 50.2. The predicted molar refractivity (Wildman–Crippen MR) is 321 cm³/mol. The smallest absolute Gasteiger partial charge is 0.249 e. The van der Waals surface area contributed by atoms with Crippen LogP contribution in [0, 0.1) is 0 Å². The molecule has 456 valence electrons. The fourth-order valence-electron chi connectivity index (χ4n) is 10.9. The molecule has 77 heavy (non-hydrogen) atoms. The summed E-state index contributed by atoms with van der Waals surface area (Å²) in [5.41, 5.74) is 0. The Hall–Kier alpha value is -1.41. The lowest BCUT2D eigenvalue weighted by Crippen LogP contribution is -2.60. The molecule has 11 heteroatoms. The van der Waals surface area contributed by atoms with Crippen LogP contribution in [0.1, 0.15) is 322 Å². The number of aliphatic hydroxyl groups is 7. The zero-order valence-electron chi connectivity index (χ0n) is 50.2. The third-order valence-electron chi connectivity index (χ3n) is 16.2. The van der Waals surface area contributed by atoms with Crippen molar-refractivity contribution >= 4 is 5.91 Å². The Bertz CT molecular complexity index is 1300. The van der Waals surface area contributed by atoms with Gasteiger partial charge in [0.15, 0.2) is 6.29 Å². The molecule has 9 atom stereocenters. The van der Waals surface area contributed by atoms with Crippen LogP contribution in [-0.2, 0) is 14.3 Å². The Labute approximate surface area is 474 Å². The van der Waals surface area contributed by atoms with E-state index in [-0.39, 0.29) is 12.8 Å². The summed E-state index contributed by atoms with van der Waals surface area (Å²) in [7, 11) is 0. The van der Waals surface area contributed by atoms with Gasteiger partial charge in [0.2, 0.25) is 5.91 Å². The fourth-order valence-corrected chi connectivity index (χ4v) is 10.9. The Morgan fingerprint density at radius 2 is 0.766 bits per heavy atom. The van der Waals surface area contributed by atoms with Crippen LogP contribution >= 0.6 is 0 Å². The lowest BCUT2D eigenvalue weighted by Gasteiger charge is -2.40. The quantitative estimate of drug-likeness (QED) is 0.0215. The van der Waals surface area contributed by atoms with Gasteiger partial charge >= 0.3 is 0 Å². The lowest BCUT2D eigenvalue weighted by atomic mass is 9.98. The van der Waals surface area contributed by atoms with Crippen molar-refractivity contribution in [1.29, 1.82) is 0 Å². The van der Waals surface area contributed by atoms with Crippen LogP contribution in [0.25, 0.3) is 0 Å². The van der Waals surface area contributed by atoms with Crippen molar-refractivity contribution in [3.63, 3.8) is 0 Å². The van der Waals surface area contributed by atoms with E-state index in [4.69, 9.17) is 9.47 Å². The average molecular weight is 1090 g/mol. The number of hydrogen-bond acceptors (Lipinski definition) is 10. The van der Waals surface area contributed by atoms with Gasteiger partial charge in [-0.25, -0.2) is 0 Å². The molecule has 1 rings (SSSR count). The van der Waals surface area contributed by atoms with Gasteiger partial charge in [0.1, 0.15) is 36.6 Å². The monoisotopic (exact) mass is 1090 g/mol. The van der Waals surface area contributed by atoms with Crippen LogP contribution in [0.2, 0.25) is 0 Å². The number of carbonyl (C=O) groups is 1. The van der Waals surface area contributed by atoms with E-state index >= 15 is 0 Å². The first-order valence-electron chi connectivity index (χ1n) is 33.2. The third kappa shape index (κ3) is 43.0. The minimum Gasteiger partial charge on any atom is -0.394 e. The summed E-state index contributed by atoms with van der Waals surface area (Å²) >= 11 is 0. The molecule has 0 aromatic carbocycles. The van der Waals surface area contributed by atoms with Crippen LogP contribution in [-0.4, -0.2) is 110 Å². The molecule has 1 saturated heterocycles. The van der Waals surface area contributed by atoms with Crippen molar-refractivity contribution < 1.29 is 50.0 Å². The maximum atomic E-state index is 13.2. The number of carbonyl (C=O) groups excluding carboxylic acids is 1. The minimum absolute atomic E-state index is 0.257. The highest BCUT2D eigenvalue weighted by Crippen LogP contribution is 2.24. The summed E-state index contributed by atoms with van der Waals surface area (Å²) in [6.07, 6.45) is 57.3. The molecule has 0 bridgehead atoms. The van der Waals surface area contributed by atoms with Crippen LogP contribution in [0.15, 0.2) is 24.3 Å². The van der Waals surface area contributed by atoms with E-state index < -0.39 is 74.2 Å². The molecular weight excluding hydrogens is 967 g/mol. The molecule has 0 radical (unpaired) electrons. The number of amides is 1. The molecule has 1 fully saturated rings. The van der Waals surface area contributed by atoms with E-state index in [0.29, 0.717) is 12.8 Å². The van der Waals surface area contributed by atoms with E-state index in [1.807, 2.05) is 0 Å². The molecule has 8 N–H and O–H groups in total. The molecular formula is C66H127NO10. The van der Waals surface area contributed by atoms with E-state index in [0.717, 1.165) is 38.5 Å². The number of rotatable bonds is 58. The Balaban J connectivity index is 2.09. The van der Waals surface area contributed by atoms with Crippen molar-refractivity contribution in [2.45, 2.75) is 377 Å². The summed E-state index contributed by atoms with van der Waals surface area (Å²) in [5, 5.41) is 76.0. The van der Waals surface area contributed by atoms with Crippen LogP contribution < -0.4 is 5.32 Å². The number of unbranched alkanes of at least 4 members (excludes halogenated alkanes) is 42. The lowest BCUT2D eigenvalue weighted by molar-refractivity contribution is -0.303. The maximum Gasteiger partial charge on any atom is 0.249 e. The molecule has 1 aliphatic rings. The van der Waals surface area contributed by atoms with Gasteiger partial charge < -0.3 is 50.5 Å². The number of ether oxygens (including phenoxy) is 2. The summed E-state index contributed by atoms with van der Waals surface area (Å²) in [5.74, 6) is -0.703. The second-order valence-corrected chi connectivity index (χ2v) is 23.5. The normalized spacial score (nSPS) is 19.6. The highest BCUT2D eigenvalue weighted by atomic mass is 16.7. The van der Waals surface area contributed by atoms with Gasteiger partial charge in [0.05, 0.1) is 25.4 Å². The summed E-state index contributed by atoms with van der Waals surface area (Å²) in [4.78, 5) is 13.2. The van der Waals surface area contributed by atoms with Gasteiger partial charge in [-0.2, -0.15) is 0 Å². The highest BCUT2D eigenvalue weighted by Gasteiger charge is 2.44. The van der Waals surface area contributed by atoms with Crippen LogP contribution in [0.3, 0.4) is 0 Å². The minimum atomic E-state index is -1.67. The summed E-state index contributed by atoms with van der Waals surface area (Å²) in [6, 6.07) is -1.18. The SMILES string of the molecule is CCCCCCCCC/C=C/CCCC(O)C(O)C(COC1OC(CO)C(O)C(O)C1O)NC(=O)C(O)CCCCCCCCCCCCCCCCCC/C=C\CCCCCCCCCCCCCCCCCCCC. The molecule has 11 nitrogen and oxygen atoms in total. The Morgan fingerprint density at radius 1 is 0.442 bits per heavy atom. The number of nitrogens with one attached hydrogen (secondary N) is 1. The third-order valence-corrected chi connectivity index (χ3v) is 16.2. The van der Waals surface area contributed by atoms with Gasteiger partial charge in [-0.15, -0.1) is 0 Å². The van der Waals surface area contributed by atoms with Gasteiger partial charge in [-0.05, 0) is 64.2 Å². The number of hydrogen-bond donors (Lipinski definition) is 8. The van der Waals surface area contributed by atoms with Crippen molar-refractivity contribution in [2.24, 2.45) is 0 Å². The second-order valence-electron chi connectivity index (χ2n) is 23.5. The molecule has 0 aromatic heterocycles. The van der Waals surface area contributed by atoms with Gasteiger partial charge in [0.25, 0.3) is 0 Å². The molecule has 1 aliphatic heterocycles. The van der Waals surface area contributed by atoms with Crippen molar-refractivity contribution in [2.75, 3.05) is 13.2 Å². The largest absolute Gasteiger partial charge is 0.394 e. The number of allylic oxidation sites excluding steroid dienone is 4. The molecule has 0 spiro atoms. The highest BCUT2D eigenvalue weighted by molar-refractivity contribution is 5.80. The molecule has 0 saturated carbocycles. The Morgan fingerprint density at radius 3 is 1.12 bits per heavy atom. The first kappa shape index (κ1) is 73.6. The van der Waals surface area contributed by atoms with Crippen LogP contribution in [0.4, 0.5) is 0 Å². The van der Waals surface area contributed by atoms with E-state index in [1.165, 1.54) is 244 Å². The standard InChI is InChI=1S/C66H127NO10/c1-3-5-7-9-11-13-15-17-18-19-20-21-22-23-24-25-26-27-28-29-30-31-32-33-34-35-36-37-38-39-40-41-42-44-46-48-50-52-54-59(70)65(75)67-57(56-76-66-64(74)63(73)62(72)60(55-68)77-66)61(71)58(69)53-51-49-47-45-43-16-14-12-10-8-6-4-2/h29-30,45,47,57-64,66,68-74H,3-28,31-44,46,48-56H2,1-2H3,(H,67,75)/b30-29-,47-45+. The van der Waals surface area contributed by atoms with Crippen molar-refractivity contribution in [3.8, 4) is 0 Å². The molecule has 1 heterocycles. The average Bonchev–Trinajstić information content (AvgIpc) is 3.43. The fraction of sp³-hybridized carbons (Fsp3) is 0.924. The van der Waals surface area contributed by atoms with Gasteiger partial charge in [0, 0.05) is 0 Å². The summed E-state index contributed by atoms with van der Waals surface area (Å²) in [6.45, 7) is 3.45. The first-order chi connectivity index (χ1) is 37.7. The zero-order chi connectivity index (χ0) is 56.1. The maximum absolute atomic E-state index is 13.2. The van der Waals surface area contributed by atoms with Gasteiger partial charge in [-0.1, -0.05) is 282 Å². The van der Waals surface area contributed by atoms with E-state index in [1.54, 1.807) is 0 Å². The topological polar surface area (TPSA) is 189 Å². The van der Waals surface area contributed by atoms with E-state index in [2.05, 4.69) is 43.5 Å². The molecule has 0 aromatic rings. The second kappa shape index (κ2) is 55.1. The van der Waals surface area contributed by atoms with Crippen molar-refractivity contribution in [3.05, 3.63) is 24.3 Å². The van der Waals surface area contributed by atoms with E-state index in [9.17, 15) is 40.5 Å². The van der Waals surface area contributed by atoms with Crippen LogP contribution in [0.5, 0.6) is 0 Å². The molecule has 0 aliphatic carbocycles. The number of aliphatic hydroxyl groups excluding tert-OH is 7. The van der Waals surface area contributed by atoms with Gasteiger partial charge in [-0.3, -0.25) is 4.79 Å². The predicted octanol–water partition coefficient (Wildman–Crippen LogP) is 15.2. The van der Waals surface area contributed by atoms with Crippen molar-refractivity contribution in [1.82, 2.24) is 5.32 Å². The Kier molecular flexibility index (Phi) is 52.7. The summed E-state index contributed by atoms with van der Waals surface area (Å²) < 4.78 is 11.1. The molecule has 1 amide bonds. The molecule has 9 unspecified atom stereocenters. The first-order valence-corrected chi connectivity index (χ1v) is 33.2.